The molecule has 0 aliphatic rings. The summed E-state index contributed by atoms with van der Waals surface area (Å²) in [6.07, 6.45) is 4.21. The molecule has 0 spiro atoms. The number of urea groups is 1. The summed E-state index contributed by atoms with van der Waals surface area (Å²) in [5.41, 5.74) is 4.98. The SMILES string of the molecule is CNC(=O)N(CCc1cncn1Nc1ccccc1)C(CC(C)C)C(=O)O. The van der Waals surface area contributed by atoms with Gasteiger partial charge in [0.25, 0.3) is 0 Å². The first kappa shape index (κ1) is 20.3. The van der Waals surface area contributed by atoms with Gasteiger partial charge in [0.1, 0.15) is 12.4 Å². The van der Waals surface area contributed by atoms with Crippen molar-refractivity contribution < 1.29 is 14.7 Å². The van der Waals surface area contributed by atoms with Crippen molar-refractivity contribution in [2.24, 2.45) is 5.92 Å². The van der Waals surface area contributed by atoms with Gasteiger partial charge in [-0.1, -0.05) is 32.0 Å². The summed E-state index contributed by atoms with van der Waals surface area (Å²) in [5, 5.41) is 12.1. The monoisotopic (exact) mass is 373 g/mol. The number of hydrogen-bond acceptors (Lipinski definition) is 4. The summed E-state index contributed by atoms with van der Waals surface area (Å²) >= 11 is 0. The van der Waals surface area contributed by atoms with Crippen molar-refractivity contribution in [1.82, 2.24) is 19.9 Å². The Kier molecular flexibility index (Phi) is 7.22. The van der Waals surface area contributed by atoms with Crippen LogP contribution < -0.4 is 10.7 Å². The van der Waals surface area contributed by atoms with Crippen LogP contribution in [0, 0.1) is 5.92 Å². The molecule has 3 N–H and O–H groups in total. The molecule has 1 aromatic carbocycles. The van der Waals surface area contributed by atoms with E-state index in [2.05, 4.69) is 15.7 Å². The highest BCUT2D eigenvalue weighted by Gasteiger charge is 2.29. The molecule has 2 amide bonds. The first-order chi connectivity index (χ1) is 12.9. The van der Waals surface area contributed by atoms with E-state index in [0.29, 0.717) is 12.8 Å². The lowest BCUT2D eigenvalue weighted by Gasteiger charge is -2.29. The zero-order valence-corrected chi connectivity index (χ0v) is 15.9. The Morgan fingerprint density at radius 2 is 1.96 bits per heavy atom. The predicted octanol–water partition coefficient (Wildman–Crippen LogP) is 2.44. The van der Waals surface area contributed by atoms with E-state index in [1.54, 1.807) is 17.2 Å². The molecule has 0 bridgehead atoms. The molecule has 1 heterocycles. The van der Waals surface area contributed by atoms with E-state index in [0.717, 1.165) is 11.4 Å². The number of rotatable bonds is 9. The Labute approximate surface area is 159 Å². The van der Waals surface area contributed by atoms with Crippen LogP contribution in [0.3, 0.4) is 0 Å². The third kappa shape index (κ3) is 5.73. The number of anilines is 1. The smallest absolute Gasteiger partial charge is 0.326 e. The molecule has 8 nitrogen and oxygen atoms in total. The maximum Gasteiger partial charge on any atom is 0.326 e. The lowest BCUT2D eigenvalue weighted by atomic mass is 10.0. The van der Waals surface area contributed by atoms with Crippen LogP contribution in [0.25, 0.3) is 0 Å². The Morgan fingerprint density at radius 1 is 1.26 bits per heavy atom. The normalized spacial score (nSPS) is 11.9. The van der Waals surface area contributed by atoms with E-state index < -0.39 is 18.0 Å². The van der Waals surface area contributed by atoms with Gasteiger partial charge in [-0.15, -0.1) is 0 Å². The van der Waals surface area contributed by atoms with Crippen LogP contribution in [0.4, 0.5) is 10.5 Å². The minimum Gasteiger partial charge on any atom is -0.480 e. The molecule has 1 atom stereocenters. The van der Waals surface area contributed by atoms with Crippen molar-refractivity contribution in [2.45, 2.75) is 32.7 Å². The van der Waals surface area contributed by atoms with Crippen molar-refractivity contribution in [3.05, 3.63) is 48.5 Å². The molecule has 0 saturated carbocycles. The van der Waals surface area contributed by atoms with Crippen LogP contribution in [0.15, 0.2) is 42.9 Å². The molecule has 146 valence electrons. The van der Waals surface area contributed by atoms with Gasteiger partial charge < -0.3 is 15.3 Å². The van der Waals surface area contributed by atoms with Crippen molar-refractivity contribution in [3.8, 4) is 0 Å². The van der Waals surface area contributed by atoms with E-state index in [9.17, 15) is 14.7 Å². The highest BCUT2D eigenvalue weighted by Crippen LogP contribution is 2.14. The number of carbonyl (C=O) groups excluding carboxylic acids is 1. The van der Waals surface area contributed by atoms with Gasteiger partial charge in [0, 0.05) is 20.0 Å². The summed E-state index contributed by atoms with van der Waals surface area (Å²) in [6, 6.07) is 8.38. The molecule has 0 aliphatic heterocycles. The zero-order valence-electron chi connectivity index (χ0n) is 15.9. The van der Waals surface area contributed by atoms with Crippen molar-refractivity contribution in [1.29, 1.82) is 0 Å². The molecule has 2 aromatic rings. The van der Waals surface area contributed by atoms with Gasteiger partial charge in [-0.2, -0.15) is 0 Å². The second-order valence-corrected chi connectivity index (χ2v) is 6.71. The fourth-order valence-corrected chi connectivity index (χ4v) is 2.85. The summed E-state index contributed by atoms with van der Waals surface area (Å²) in [5.74, 6) is -0.841. The number of benzene rings is 1. The molecular weight excluding hydrogens is 346 g/mol. The number of amides is 2. The van der Waals surface area contributed by atoms with E-state index >= 15 is 0 Å². The summed E-state index contributed by atoms with van der Waals surface area (Å²) in [7, 11) is 1.50. The van der Waals surface area contributed by atoms with Gasteiger partial charge in [0.05, 0.1) is 17.6 Å². The molecular formula is C19H27N5O3. The molecule has 0 saturated heterocycles. The average molecular weight is 373 g/mol. The van der Waals surface area contributed by atoms with Gasteiger partial charge >= 0.3 is 12.0 Å². The Hall–Kier alpha value is -3.03. The summed E-state index contributed by atoms with van der Waals surface area (Å²) in [4.78, 5) is 29.5. The first-order valence-corrected chi connectivity index (χ1v) is 8.96. The van der Waals surface area contributed by atoms with E-state index in [4.69, 9.17) is 0 Å². The second-order valence-electron chi connectivity index (χ2n) is 6.71. The molecule has 27 heavy (non-hydrogen) atoms. The van der Waals surface area contributed by atoms with Crippen LogP contribution in [-0.2, 0) is 11.2 Å². The quantitative estimate of drug-likeness (QED) is 0.627. The highest BCUT2D eigenvalue weighted by molar-refractivity contribution is 5.82. The maximum absolute atomic E-state index is 12.3. The van der Waals surface area contributed by atoms with Crippen molar-refractivity contribution >= 4 is 17.7 Å². The van der Waals surface area contributed by atoms with Crippen LogP contribution in [0.1, 0.15) is 26.0 Å². The number of carbonyl (C=O) groups is 2. The lowest BCUT2D eigenvalue weighted by molar-refractivity contribution is -0.142. The molecule has 8 heteroatoms. The van der Waals surface area contributed by atoms with Gasteiger partial charge in [-0.25, -0.2) is 19.2 Å². The topological polar surface area (TPSA) is 99.5 Å². The van der Waals surface area contributed by atoms with Gasteiger partial charge in [-0.05, 0) is 24.5 Å². The van der Waals surface area contributed by atoms with Gasteiger partial charge in [0.15, 0.2) is 0 Å². The molecule has 1 aromatic heterocycles. The zero-order chi connectivity index (χ0) is 19.8. The maximum atomic E-state index is 12.3. The number of carboxylic acids is 1. The number of nitrogens with zero attached hydrogens (tertiary/aromatic N) is 3. The fraction of sp³-hybridized carbons (Fsp3) is 0.421. The highest BCUT2D eigenvalue weighted by atomic mass is 16.4. The number of carboxylic acid groups (broad SMARTS) is 1. The van der Waals surface area contributed by atoms with E-state index in [1.165, 1.54) is 11.9 Å². The number of imidazole rings is 1. The van der Waals surface area contributed by atoms with Crippen LogP contribution in [0.5, 0.6) is 0 Å². The van der Waals surface area contributed by atoms with Crippen LogP contribution >= 0.6 is 0 Å². The van der Waals surface area contributed by atoms with Crippen molar-refractivity contribution in [3.63, 3.8) is 0 Å². The lowest BCUT2D eigenvalue weighted by Crippen LogP contribution is -2.50. The third-order valence-corrected chi connectivity index (χ3v) is 4.18. The fourth-order valence-electron chi connectivity index (χ4n) is 2.85. The minimum absolute atomic E-state index is 0.156. The Bertz CT molecular complexity index is 745. The minimum atomic E-state index is -0.997. The number of para-hydroxylation sites is 1. The number of nitrogens with one attached hydrogen (secondary N) is 2. The van der Waals surface area contributed by atoms with E-state index in [-0.39, 0.29) is 12.5 Å². The van der Waals surface area contributed by atoms with Crippen LogP contribution in [-0.4, -0.2) is 51.3 Å². The molecule has 2 rings (SSSR count). The summed E-state index contributed by atoms with van der Waals surface area (Å²) in [6.45, 7) is 4.15. The van der Waals surface area contributed by atoms with Crippen LogP contribution in [0.2, 0.25) is 0 Å². The Morgan fingerprint density at radius 3 is 2.56 bits per heavy atom. The van der Waals surface area contributed by atoms with E-state index in [1.807, 2.05) is 44.2 Å². The number of hydrogen-bond donors (Lipinski definition) is 3. The molecule has 0 radical (unpaired) electrons. The third-order valence-electron chi connectivity index (χ3n) is 4.18. The van der Waals surface area contributed by atoms with Gasteiger partial charge in [-0.3, -0.25) is 5.43 Å². The average Bonchev–Trinajstić information content (AvgIpc) is 3.08. The van der Waals surface area contributed by atoms with Gasteiger partial charge in [0.2, 0.25) is 0 Å². The number of aliphatic carboxylic acids is 1. The molecule has 1 unspecified atom stereocenters. The Balaban J connectivity index is 2.12. The second kappa shape index (κ2) is 9.61. The first-order valence-electron chi connectivity index (χ1n) is 8.96. The molecule has 0 fully saturated rings. The predicted molar refractivity (Wildman–Crippen MR) is 103 cm³/mol. The number of aromatic nitrogens is 2. The largest absolute Gasteiger partial charge is 0.480 e. The molecule has 0 aliphatic carbocycles. The van der Waals surface area contributed by atoms with Crippen molar-refractivity contribution in [2.75, 3.05) is 19.0 Å². The standard InChI is InChI=1S/C19H27N5O3/c1-14(2)11-17(18(25)26)23(19(27)20-3)10-9-16-12-21-13-24(16)22-15-7-5-4-6-8-15/h4-8,12-14,17,22H,9-11H2,1-3H3,(H,20,27)(H,25,26). The summed E-state index contributed by atoms with van der Waals surface area (Å²) < 4.78 is 1.77.